The van der Waals surface area contributed by atoms with Gasteiger partial charge in [0.15, 0.2) is 5.13 Å². The highest BCUT2D eigenvalue weighted by Gasteiger charge is 2.09. The molecule has 2 rings (SSSR count). The maximum Gasteiger partial charge on any atom is 0.257 e. The Hall–Kier alpha value is -1.88. The van der Waals surface area contributed by atoms with Gasteiger partial charge in [0.05, 0.1) is 5.69 Å². The minimum absolute atomic E-state index is 0.131. The van der Waals surface area contributed by atoms with E-state index in [-0.39, 0.29) is 5.91 Å². The molecule has 0 saturated carbocycles. The molecule has 0 radical (unpaired) electrons. The second-order valence-electron chi connectivity index (χ2n) is 4.19. The zero-order chi connectivity index (χ0) is 13.1. The summed E-state index contributed by atoms with van der Waals surface area (Å²) in [5.41, 5.74) is 2.55. The van der Waals surface area contributed by atoms with E-state index in [2.05, 4.69) is 10.3 Å². The molecule has 1 aromatic carbocycles. The van der Waals surface area contributed by atoms with Gasteiger partial charge in [-0.25, -0.2) is 4.98 Å². The molecule has 0 spiro atoms. The van der Waals surface area contributed by atoms with Crippen LogP contribution in [-0.2, 0) is 0 Å². The number of carbonyl (C=O) groups is 1. The Morgan fingerprint density at radius 1 is 1.39 bits per heavy atom. The van der Waals surface area contributed by atoms with Crippen molar-refractivity contribution < 1.29 is 4.79 Å². The molecule has 4 nitrogen and oxygen atoms in total. The zero-order valence-electron chi connectivity index (χ0n) is 10.6. The minimum atomic E-state index is -0.131. The van der Waals surface area contributed by atoms with Gasteiger partial charge in [-0.05, 0) is 25.1 Å². The number of aromatic nitrogens is 1. The molecule has 0 aliphatic carbocycles. The van der Waals surface area contributed by atoms with Gasteiger partial charge >= 0.3 is 0 Å². The molecule has 0 saturated heterocycles. The lowest BCUT2D eigenvalue weighted by Gasteiger charge is -2.13. The van der Waals surface area contributed by atoms with Crippen molar-refractivity contribution in [1.29, 1.82) is 0 Å². The van der Waals surface area contributed by atoms with Crippen LogP contribution in [0.25, 0.3) is 0 Å². The predicted octanol–water partition coefficient (Wildman–Crippen LogP) is 2.77. The van der Waals surface area contributed by atoms with E-state index in [9.17, 15) is 4.79 Å². The molecule has 1 aromatic heterocycles. The lowest BCUT2D eigenvalue weighted by atomic mass is 10.2. The van der Waals surface area contributed by atoms with Crippen molar-refractivity contribution in [3.8, 4) is 0 Å². The van der Waals surface area contributed by atoms with Crippen LogP contribution in [0.1, 0.15) is 16.1 Å². The molecular formula is C13H15N3OS. The summed E-state index contributed by atoms with van der Waals surface area (Å²) in [5, 5.41) is 5.34. The number of nitrogens with one attached hydrogen (secondary N) is 1. The fourth-order valence-electron chi connectivity index (χ4n) is 1.51. The Labute approximate surface area is 110 Å². The number of anilines is 2. The van der Waals surface area contributed by atoms with Crippen LogP contribution in [0.3, 0.4) is 0 Å². The highest BCUT2D eigenvalue weighted by Crippen LogP contribution is 2.17. The number of hydrogen-bond acceptors (Lipinski definition) is 4. The van der Waals surface area contributed by atoms with Crippen molar-refractivity contribution in [2.75, 3.05) is 24.3 Å². The SMILES string of the molecule is Cc1csc(NC(=O)c2cccc(N(C)C)c2)n1. The predicted molar refractivity (Wildman–Crippen MR) is 75.6 cm³/mol. The molecule has 5 heteroatoms. The first-order valence-corrected chi connectivity index (χ1v) is 6.45. The van der Waals surface area contributed by atoms with E-state index in [1.54, 1.807) is 6.07 Å². The second-order valence-corrected chi connectivity index (χ2v) is 5.05. The summed E-state index contributed by atoms with van der Waals surface area (Å²) >= 11 is 1.43. The molecule has 1 amide bonds. The molecule has 2 aromatic rings. The summed E-state index contributed by atoms with van der Waals surface area (Å²) in [6.45, 7) is 1.90. The molecule has 0 atom stereocenters. The van der Waals surface area contributed by atoms with Crippen LogP contribution in [0, 0.1) is 6.92 Å². The van der Waals surface area contributed by atoms with Crippen molar-refractivity contribution in [2.45, 2.75) is 6.92 Å². The topological polar surface area (TPSA) is 45.2 Å². The van der Waals surface area contributed by atoms with Gasteiger partial charge in [-0.3, -0.25) is 10.1 Å². The van der Waals surface area contributed by atoms with Gasteiger partial charge in [0.25, 0.3) is 5.91 Å². The number of hydrogen-bond donors (Lipinski definition) is 1. The van der Waals surface area contributed by atoms with Gasteiger partial charge in [-0.2, -0.15) is 0 Å². The molecule has 0 fully saturated rings. The third-order valence-corrected chi connectivity index (χ3v) is 3.34. The van der Waals surface area contributed by atoms with Crippen LogP contribution in [0.5, 0.6) is 0 Å². The Kier molecular flexibility index (Phi) is 3.62. The van der Waals surface area contributed by atoms with E-state index in [0.29, 0.717) is 10.7 Å². The highest BCUT2D eigenvalue weighted by molar-refractivity contribution is 7.13. The Bertz CT molecular complexity index is 563. The number of amides is 1. The molecule has 0 unspecified atom stereocenters. The molecule has 18 heavy (non-hydrogen) atoms. The zero-order valence-corrected chi connectivity index (χ0v) is 11.4. The van der Waals surface area contributed by atoms with Crippen molar-refractivity contribution in [3.63, 3.8) is 0 Å². The maximum absolute atomic E-state index is 12.0. The minimum Gasteiger partial charge on any atom is -0.378 e. The van der Waals surface area contributed by atoms with Crippen LogP contribution in [0.15, 0.2) is 29.6 Å². The summed E-state index contributed by atoms with van der Waals surface area (Å²) < 4.78 is 0. The van der Waals surface area contributed by atoms with E-state index in [4.69, 9.17) is 0 Å². The van der Waals surface area contributed by atoms with Gasteiger partial charge < -0.3 is 4.90 Å². The number of benzene rings is 1. The molecule has 0 aliphatic rings. The van der Waals surface area contributed by atoms with E-state index < -0.39 is 0 Å². The summed E-state index contributed by atoms with van der Waals surface area (Å²) in [4.78, 5) is 18.2. The monoisotopic (exact) mass is 261 g/mol. The van der Waals surface area contributed by atoms with E-state index in [1.807, 2.05) is 49.5 Å². The van der Waals surface area contributed by atoms with Crippen molar-refractivity contribution >= 4 is 28.1 Å². The standard InChI is InChI=1S/C13H15N3OS/c1-9-8-18-13(14-9)15-12(17)10-5-4-6-11(7-10)16(2)3/h4-8H,1-3H3,(H,14,15,17). The molecule has 0 aliphatic heterocycles. The van der Waals surface area contributed by atoms with Gasteiger partial charge in [0.2, 0.25) is 0 Å². The average molecular weight is 261 g/mol. The number of carbonyl (C=O) groups excluding carboxylic acids is 1. The number of nitrogens with zero attached hydrogens (tertiary/aromatic N) is 2. The summed E-state index contributed by atoms with van der Waals surface area (Å²) in [7, 11) is 3.89. The number of aryl methyl sites for hydroxylation is 1. The van der Waals surface area contributed by atoms with Gasteiger partial charge in [-0.15, -0.1) is 11.3 Å². The van der Waals surface area contributed by atoms with Gasteiger partial charge in [-0.1, -0.05) is 6.07 Å². The molecule has 0 bridgehead atoms. The fraction of sp³-hybridized carbons (Fsp3) is 0.231. The Morgan fingerprint density at radius 2 is 2.17 bits per heavy atom. The third-order valence-electron chi connectivity index (χ3n) is 2.46. The van der Waals surface area contributed by atoms with Crippen molar-refractivity contribution in [3.05, 3.63) is 40.9 Å². The summed E-state index contributed by atoms with van der Waals surface area (Å²) in [6, 6.07) is 7.49. The van der Waals surface area contributed by atoms with Crippen molar-refractivity contribution in [1.82, 2.24) is 4.98 Å². The van der Waals surface area contributed by atoms with Crippen LogP contribution >= 0.6 is 11.3 Å². The molecule has 1 N–H and O–H groups in total. The van der Waals surface area contributed by atoms with Crippen molar-refractivity contribution in [2.24, 2.45) is 0 Å². The Balaban J connectivity index is 2.16. The second kappa shape index (κ2) is 5.18. The largest absolute Gasteiger partial charge is 0.378 e. The quantitative estimate of drug-likeness (QED) is 0.924. The normalized spacial score (nSPS) is 10.2. The maximum atomic E-state index is 12.0. The van der Waals surface area contributed by atoms with Gasteiger partial charge in [0, 0.05) is 30.7 Å². The van der Waals surface area contributed by atoms with Crippen LogP contribution in [0.4, 0.5) is 10.8 Å². The number of rotatable bonds is 3. The molecular weight excluding hydrogens is 246 g/mol. The van der Waals surface area contributed by atoms with Crippen LogP contribution in [0.2, 0.25) is 0 Å². The molecule has 1 heterocycles. The average Bonchev–Trinajstić information content (AvgIpc) is 2.75. The van der Waals surface area contributed by atoms with E-state index in [0.717, 1.165) is 11.4 Å². The smallest absolute Gasteiger partial charge is 0.257 e. The highest BCUT2D eigenvalue weighted by atomic mass is 32.1. The van der Waals surface area contributed by atoms with Gasteiger partial charge in [0.1, 0.15) is 0 Å². The fourth-order valence-corrected chi connectivity index (χ4v) is 2.19. The molecule has 94 valence electrons. The van der Waals surface area contributed by atoms with E-state index >= 15 is 0 Å². The van der Waals surface area contributed by atoms with Crippen LogP contribution in [-0.4, -0.2) is 25.0 Å². The first-order valence-electron chi connectivity index (χ1n) is 5.57. The summed E-state index contributed by atoms with van der Waals surface area (Å²) in [6.07, 6.45) is 0. The first-order chi connectivity index (χ1) is 8.56. The Morgan fingerprint density at radius 3 is 2.78 bits per heavy atom. The third kappa shape index (κ3) is 2.87. The summed E-state index contributed by atoms with van der Waals surface area (Å²) in [5.74, 6) is -0.131. The number of thiazole rings is 1. The first kappa shape index (κ1) is 12.6. The lowest BCUT2D eigenvalue weighted by Crippen LogP contribution is -2.14. The van der Waals surface area contributed by atoms with Crippen LogP contribution < -0.4 is 10.2 Å². The lowest BCUT2D eigenvalue weighted by molar-refractivity contribution is 0.102. The van der Waals surface area contributed by atoms with E-state index in [1.165, 1.54) is 11.3 Å².